The van der Waals surface area contributed by atoms with E-state index in [-0.39, 0.29) is 12.5 Å². The highest BCUT2D eigenvalue weighted by molar-refractivity contribution is 5.67. The molecule has 1 aromatic rings. The van der Waals surface area contributed by atoms with Gasteiger partial charge >= 0.3 is 5.97 Å². The average Bonchev–Trinajstić information content (AvgIpc) is 2.87. The topological polar surface area (TPSA) is 64.3 Å². The number of aliphatic carboxylic acids is 1. The van der Waals surface area contributed by atoms with Gasteiger partial charge in [0.05, 0.1) is 18.8 Å². The third kappa shape index (κ3) is 3.06. The normalized spacial score (nSPS) is 20.1. The van der Waals surface area contributed by atoms with Crippen molar-refractivity contribution in [1.82, 2.24) is 9.78 Å². The number of nitrogens with zero attached hydrogens (tertiary/aromatic N) is 2. The van der Waals surface area contributed by atoms with Gasteiger partial charge in [-0.25, -0.2) is 0 Å². The van der Waals surface area contributed by atoms with Crippen LogP contribution in [0.1, 0.15) is 24.8 Å². The average molecular weight is 224 g/mol. The lowest BCUT2D eigenvalue weighted by molar-refractivity contribution is -0.136. The van der Waals surface area contributed by atoms with E-state index in [2.05, 4.69) is 5.10 Å². The predicted octanol–water partition coefficient (Wildman–Crippen LogP) is 1.08. The quantitative estimate of drug-likeness (QED) is 0.812. The van der Waals surface area contributed by atoms with Crippen molar-refractivity contribution < 1.29 is 14.6 Å². The molecule has 1 aromatic heterocycles. The van der Waals surface area contributed by atoms with Crippen LogP contribution in [0.3, 0.4) is 0 Å². The zero-order valence-electron chi connectivity index (χ0n) is 9.13. The van der Waals surface area contributed by atoms with Gasteiger partial charge in [0.2, 0.25) is 0 Å². The standard InChI is InChI=1S/C11H16N2O3/c14-11(15)4-3-9-6-12-13(7-9)8-10-2-1-5-16-10/h6-7,10H,1-5,8H2,(H,14,15)/t10-/m1/s1. The van der Waals surface area contributed by atoms with Crippen LogP contribution < -0.4 is 0 Å². The van der Waals surface area contributed by atoms with Gasteiger partial charge in [-0.2, -0.15) is 5.10 Å². The molecule has 0 aromatic carbocycles. The first-order chi connectivity index (χ1) is 7.74. The summed E-state index contributed by atoms with van der Waals surface area (Å²) >= 11 is 0. The summed E-state index contributed by atoms with van der Waals surface area (Å²) in [5.41, 5.74) is 0.973. The molecule has 16 heavy (non-hydrogen) atoms. The highest BCUT2D eigenvalue weighted by Crippen LogP contribution is 2.14. The maximum Gasteiger partial charge on any atom is 0.303 e. The van der Waals surface area contributed by atoms with Gasteiger partial charge in [0.1, 0.15) is 0 Å². The first-order valence-electron chi connectivity index (χ1n) is 5.59. The number of aryl methyl sites for hydroxylation is 1. The molecule has 1 aliphatic heterocycles. The van der Waals surface area contributed by atoms with Crippen LogP contribution in [0.15, 0.2) is 12.4 Å². The molecule has 1 fully saturated rings. The number of hydrogen-bond donors (Lipinski definition) is 1. The number of hydrogen-bond acceptors (Lipinski definition) is 3. The molecule has 5 heteroatoms. The maximum atomic E-state index is 10.4. The van der Waals surface area contributed by atoms with Crippen molar-refractivity contribution in [3.8, 4) is 0 Å². The van der Waals surface area contributed by atoms with E-state index in [1.165, 1.54) is 0 Å². The Morgan fingerprint density at radius 2 is 2.56 bits per heavy atom. The lowest BCUT2D eigenvalue weighted by atomic mass is 10.2. The van der Waals surface area contributed by atoms with Gasteiger partial charge in [0.25, 0.3) is 0 Å². The number of carboxylic acids is 1. The van der Waals surface area contributed by atoms with Crippen molar-refractivity contribution in [1.29, 1.82) is 0 Å². The fraction of sp³-hybridized carbons (Fsp3) is 0.636. The highest BCUT2D eigenvalue weighted by atomic mass is 16.5. The van der Waals surface area contributed by atoms with Gasteiger partial charge in [0, 0.05) is 19.2 Å². The van der Waals surface area contributed by atoms with Crippen LogP contribution in [-0.4, -0.2) is 33.6 Å². The largest absolute Gasteiger partial charge is 0.481 e. The highest BCUT2D eigenvalue weighted by Gasteiger charge is 2.16. The van der Waals surface area contributed by atoms with Gasteiger partial charge in [-0.3, -0.25) is 9.48 Å². The minimum absolute atomic E-state index is 0.158. The van der Waals surface area contributed by atoms with Crippen molar-refractivity contribution in [3.05, 3.63) is 18.0 Å². The fourth-order valence-corrected chi connectivity index (χ4v) is 1.88. The van der Waals surface area contributed by atoms with E-state index in [0.29, 0.717) is 6.42 Å². The van der Waals surface area contributed by atoms with Crippen molar-refractivity contribution in [2.45, 2.75) is 38.3 Å². The maximum absolute atomic E-state index is 10.4. The van der Waals surface area contributed by atoms with E-state index in [1.54, 1.807) is 6.20 Å². The Labute approximate surface area is 94.0 Å². The van der Waals surface area contributed by atoms with Gasteiger partial charge < -0.3 is 9.84 Å². The molecular formula is C11H16N2O3. The molecule has 0 bridgehead atoms. The molecule has 0 aliphatic carbocycles. The Morgan fingerprint density at radius 1 is 1.69 bits per heavy atom. The van der Waals surface area contributed by atoms with Crippen LogP contribution in [-0.2, 0) is 22.5 Å². The summed E-state index contributed by atoms with van der Waals surface area (Å²) in [6.45, 7) is 1.62. The first kappa shape index (κ1) is 11.1. The third-order valence-electron chi connectivity index (χ3n) is 2.73. The van der Waals surface area contributed by atoms with E-state index in [0.717, 1.165) is 31.6 Å². The van der Waals surface area contributed by atoms with Crippen LogP contribution in [0.5, 0.6) is 0 Å². The van der Waals surface area contributed by atoms with Crippen molar-refractivity contribution in [2.75, 3.05) is 6.61 Å². The van der Waals surface area contributed by atoms with E-state index in [9.17, 15) is 4.79 Å². The molecule has 1 atom stereocenters. The SMILES string of the molecule is O=C(O)CCc1cnn(C[C@H]2CCCO2)c1. The van der Waals surface area contributed by atoms with Gasteiger partial charge in [-0.1, -0.05) is 0 Å². The monoisotopic (exact) mass is 224 g/mol. The van der Waals surface area contributed by atoms with E-state index in [1.807, 2.05) is 10.9 Å². The molecule has 5 nitrogen and oxygen atoms in total. The van der Waals surface area contributed by atoms with Crippen LogP contribution >= 0.6 is 0 Å². The second-order valence-corrected chi connectivity index (χ2v) is 4.10. The number of carbonyl (C=O) groups is 1. The van der Waals surface area contributed by atoms with Crippen LogP contribution in [0.2, 0.25) is 0 Å². The van der Waals surface area contributed by atoms with E-state index in [4.69, 9.17) is 9.84 Å². The van der Waals surface area contributed by atoms with Crippen molar-refractivity contribution >= 4 is 5.97 Å². The number of ether oxygens (including phenoxy) is 1. The summed E-state index contributed by atoms with van der Waals surface area (Å²) < 4.78 is 7.35. The molecule has 0 saturated carbocycles. The summed E-state index contributed by atoms with van der Waals surface area (Å²) in [4.78, 5) is 10.4. The predicted molar refractivity (Wildman–Crippen MR) is 57.2 cm³/mol. The second-order valence-electron chi connectivity index (χ2n) is 4.10. The van der Waals surface area contributed by atoms with Crippen LogP contribution in [0.25, 0.3) is 0 Å². The summed E-state index contributed by atoms with van der Waals surface area (Å²) in [7, 11) is 0. The first-order valence-corrected chi connectivity index (χ1v) is 5.59. The van der Waals surface area contributed by atoms with Crippen molar-refractivity contribution in [2.24, 2.45) is 0 Å². The molecule has 2 heterocycles. The number of aromatic nitrogens is 2. The number of carboxylic acid groups (broad SMARTS) is 1. The van der Waals surface area contributed by atoms with Crippen LogP contribution in [0.4, 0.5) is 0 Å². The van der Waals surface area contributed by atoms with E-state index >= 15 is 0 Å². The summed E-state index contributed by atoms with van der Waals surface area (Å²) in [6.07, 6.45) is 6.82. The lowest BCUT2D eigenvalue weighted by Gasteiger charge is -2.08. The Bertz CT molecular complexity index is 356. The minimum Gasteiger partial charge on any atom is -0.481 e. The minimum atomic E-state index is -0.771. The Hall–Kier alpha value is -1.36. The molecule has 0 radical (unpaired) electrons. The zero-order chi connectivity index (χ0) is 11.4. The molecular weight excluding hydrogens is 208 g/mol. The molecule has 1 aliphatic rings. The molecule has 1 saturated heterocycles. The third-order valence-corrected chi connectivity index (χ3v) is 2.73. The molecule has 0 spiro atoms. The molecule has 0 amide bonds. The summed E-state index contributed by atoms with van der Waals surface area (Å²) in [6, 6.07) is 0. The van der Waals surface area contributed by atoms with Gasteiger partial charge in [0.15, 0.2) is 0 Å². The molecule has 1 N–H and O–H groups in total. The summed E-state index contributed by atoms with van der Waals surface area (Å²) in [5, 5.41) is 12.8. The van der Waals surface area contributed by atoms with Gasteiger partial charge in [-0.05, 0) is 24.8 Å². The Morgan fingerprint density at radius 3 is 3.25 bits per heavy atom. The second kappa shape index (κ2) is 5.12. The summed E-state index contributed by atoms with van der Waals surface area (Å²) in [5.74, 6) is -0.771. The molecule has 0 unspecified atom stereocenters. The zero-order valence-corrected chi connectivity index (χ0v) is 9.13. The van der Waals surface area contributed by atoms with Crippen molar-refractivity contribution in [3.63, 3.8) is 0 Å². The molecule has 88 valence electrons. The van der Waals surface area contributed by atoms with Crippen LogP contribution in [0, 0.1) is 0 Å². The fourth-order valence-electron chi connectivity index (χ4n) is 1.88. The smallest absolute Gasteiger partial charge is 0.303 e. The van der Waals surface area contributed by atoms with E-state index < -0.39 is 5.97 Å². The number of rotatable bonds is 5. The Balaban J connectivity index is 1.84. The Kier molecular flexibility index (Phi) is 3.56. The van der Waals surface area contributed by atoms with Gasteiger partial charge in [-0.15, -0.1) is 0 Å². The lowest BCUT2D eigenvalue weighted by Crippen LogP contribution is -2.15. The molecule has 2 rings (SSSR count).